The van der Waals surface area contributed by atoms with Gasteiger partial charge in [0.1, 0.15) is 17.4 Å². The predicted molar refractivity (Wildman–Crippen MR) is 82.0 cm³/mol. The van der Waals surface area contributed by atoms with E-state index in [1.165, 1.54) is 13.2 Å². The molecule has 3 rings (SSSR count). The van der Waals surface area contributed by atoms with E-state index in [-0.39, 0.29) is 41.1 Å². The fraction of sp³-hybridized carbons (Fsp3) is 0.588. The SMILES string of the molecule is COc1cc(O)c2c(c1O)C[C@H](C[C@H]1CCC[C@H](C)O1)OC2=O. The van der Waals surface area contributed by atoms with Crippen LogP contribution in [0.15, 0.2) is 6.07 Å². The third kappa shape index (κ3) is 3.08. The van der Waals surface area contributed by atoms with E-state index in [0.29, 0.717) is 18.4 Å². The van der Waals surface area contributed by atoms with Crippen LogP contribution in [-0.2, 0) is 15.9 Å². The molecule has 1 fully saturated rings. The highest BCUT2D eigenvalue weighted by Crippen LogP contribution is 2.42. The van der Waals surface area contributed by atoms with Crippen molar-refractivity contribution in [2.45, 2.75) is 57.3 Å². The monoisotopic (exact) mass is 322 g/mol. The van der Waals surface area contributed by atoms with Crippen LogP contribution in [0.2, 0.25) is 0 Å². The first kappa shape index (κ1) is 15.9. The van der Waals surface area contributed by atoms with Crippen LogP contribution < -0.4 is 4.74 Å². The average Bonchev–Trinajstić information content (AvgIpc) is 2.50. The number of hydrogen-bond donors (Lipinski definition) is 2. The lowest BCUT2D eigenvalue weighted by atomic mass is 9.92. The lowest BCUT2D eigenvalue weighted by molar-refractivity contribution is -0.0648. The number of esters is 1. The van der Waals surface area contributed by atoms with Crippen LogP contribution in [0.25, 0.3) is 0 Å². The molecule has 0 amide bonds. The number of phenols is 2. The number of rotatable bonds is 3. The number of methoxy groups -OCH3 is 1. The van der Waals surface area contributed by atoms with E-state index < -0.39 is 5.97 Å². The Morgan fingerprint density at radius 1 is 1.30 bits per heavy atom. The Morgan fingerprint density at radius 2 is 2.09 bits per heavy atom. The molecule has 3 atom stereocenters. The zero-order valence-electron chi connectivity index (χ0n) is 13.4. The summed E-state index contributed by atoms with van der Waals surface area (Å²) >= 11 is 0. The van der Waals surface area contributed by atoms with Gasteiger partial charge < -0.3 is 24.4 Å². The Balaban J connectivity index is 1.82. The topological polar surface area (TPSA) is 85.2 Å². The molecule has 0 aliphatic carbocycles. The molecule has 2 aliphatic rings. The number of ether oxygens (including phenoxy) is 3. The van der Waals surface area contributed by atoms with Crippen LogP contribution in [0, 0.1) is 0 Å². The molecule has 0 bridgehead atoms. The van der Waals surface area contributed by atoms with Crippen molar-refractivity contribution < 1.29 is 29.2 Å². The summed E-state index contributed by atoms with van der Waals surface area (Å²) in [5.74, 6) is -0.812. The lowest BCUT2D eigenvalue weighted by Crippen LogP contribution is -2.34. The van der Waals surface area contributed by atoms with E-state index >= 15 is 0 Å². The first-order chi connectivity index (χ1) is 11.0. The van der Waals surface area contributed by atoms with Crippen molar-refractivity contribution in [1.82, 2.24) is 0 Å². The fourth-order valence-electron chi connectivity index (χ4n) is 3.44. The molecule has 2 N–H and O–H groups in total. The van der Waals surface area contributed by atoms with Gasteiger partial charge in [-0.15, -0.1) is 0 Å². The molecule has 0 aromatic heterocycles. The highest BCUT2D eigenvalue weighted by atomic mass is 16.5. The lowest BCUT2D eigenvalue weighted by Gasteiger charge is -2.32. The van der Waals surface area contributed by atoms with Crippen LogP contribution in [-0.4, -0.2) is 41.6 Å². The molecule has 126 valence electrons. The van der Waals surface area contributed by atoms with Gasteiger partial charge in [-0.25, -0.2) is 4.79 Å². The van der Waals surface area contributed by atoms with Crippen molar-refractivity contribution in [2.24, 2.45) is 0 Å². The van der Waals surface area contributed by atoms with Crippen molar-refractivity contribution >= 4 is 5.97 Å². The zero-order chi connectivity index (χ0) is 16.6. The summed E-state index contributed by atoms with van der Waals surface area (Å²) in [5, 5.41) is 20.3. The minimum absolute atomic E-state index is 0.0254. The Kier molecular flexibility index (Phi) is 4.35. The number of carbonyl (C=O) groups excluding carboxylic acids is 1. The summed E-state index contributed by atoms with van der Waals surface area (Å²) < 4.78 is 16.4. The second kappa shape index (κ2) is 6.28. The number of hydrogen-bond acceptors (Lipinski definition) is 6. The molecule has 2 aliphatic heterocycles. The number of carbonyl (C=O) groups is 1. The number of cyclic esters (lactones) is 1. The van der Waals surface area contributed by atoms with Crippen LogP contribution in [0.5, 0.6) is 17.2 Å². The van der Waals surface area contributed by atoms with Crippen LogP contribution in [0.4, 0.5) is 0 Å². The molecule has 1 aromatic rings. The summed E-state index contributed by atoms with van der Waals surface area (Å²) in [6, 6.07) is 1.22. The molecule has 0 unspecified atom stereocenters. The van der Waals surface area contributed by atoms with Gasteiger partial charge in [0.2, 0.25) is 0 Å². The summed E-state index contributed by atoms with van der Waals surface area (Å²) in [6.45, 7) is 2.04. The van der Waals surface area contributed by atoms with E-state index in [1.54, 1.807) is 0 Å². The van der Waals surface area contributed by atoms with Gasteiger partial charge in [-0.05, 0) is 26.2 Å². The molecule has 0 spiro atoms. The zero-order valence-corrected chi connectivity index (χ0v) is 13.4. The van der Waals surface area contributed by atoms with E-state index in [2.05, 4.69) is 0 Å². The van der Waals surface area contributed by atoms with Crippen molar-refractivity contribution in [3.05, 3.63) is 17.2 Å². The van der Waals surface area contributed by atoms with Gasteiger partial charge >= 0.3 is 5.97 Å². The van der Waals surface area contributed by atoms with Gasteiger partial charge in [-0.1, -0.05) is 0 Å². The van der Waals surface area contributed by atoms with Crippen LogP contribution in [0.3, 0.4) is 0 Å². The number of phenolic OH excluding ortho intramolecular Hbond substituents is 2. The third-order valence-corrected chi connectivity index (χ3v) is 4.56. The molecular formula is C17H22O6. The maximum absolute atomic E-state index is 12.2. The van der Waals surface area contributed by atoms with Gasteiger partial charge in [0.25, 0.3) is 0 Å². The van der Waals surface area contributed by atoms with Gasteiger partial charge in [0.05, 0.1) is 19.3 Å². The molecule has 0 radical (unpaired) electrons. The second-order valence-corrected chi connectivity index (χ2v) is 6.27. The van der Waals surface area contributed by atoms with Crippen molar-refractivity contribution in [2.75, 3.05) is 7.11 Å². The average molecular weight is 322 g/mol. The highest BCUT2D eigenvalue weighted by Gasteiger charge is 2.35. The number of aromatic hydroxyl groups is 2. The summed E-state index contributed by atoms with van der Waals surface area (Å²) in [5.41, 5.74) is 0.407. The van der Waals surface area contributed by atoms with Gasteiger partial charge in [0.15, 0.2) is 11.5 Å². The molecule has 2 heterocycles. The first-order valence-electron chi connectivity index (χ1n) is 7.97. The molecule has 6 heteroatoms. The molecular weight excluding hydrogens is 300 g/mol. The van der Waals surface area contributed by atoms with Crippen LogP contribution >= 0.6 is 0 Å². The van der Waals surface area contributed by atoms with Gasteiger partial charge in [-0.2, -0.15) is 0 Å². The third-order valence-electron chi connectivity index (χ3n) is 4.56. The molecule has 1 saturated heterocycles. The molecule has 0 saturated carbocycles. The maximum Gasteiger partial charge on any atom is 0.342 e. The van der Waals surface area contributed by atoms with E-state index in [0.717, 1.165) is 19.3 Å². The first-order valence-corrected chi connectivity index (χ1v) is 7.97. The van der Waals surface area contributed by atoms with Gasteiger partial charge in [0, 0.05) is 24.5 Å². The largest absolute Gasteiger partial charge is 0.507 e. The highest BCUT2D eigenvalue weighted by molar-refractivity contribution is 5.96. The molecule has 1 aromatic carbocycles. The normalized spacial score (nSPS) is 27.2. The van der Waals surface area contributed by atoms with E-state index in [1.807, 2.05) is 6.92 Å². The smallest absolute Gasteiger partial charge is 0.342 e. The maximum atomic E-state index is 12.2. The Bertz CT molecular complexity index is 612. The number of benzene rings is 1. The standard InChI is InChI=1S/C17H22O6/c1-9-4-3-5-10(22-9)6-11-7-12-15(17(20)23-11)13(18)8-14(21-2)16(12)19/h8-11,18-19H,3-7H2,1-2H3/t9-,10+,11-/m0/s1. The van der Waals surface area contributed by atoms with E-state index in [9.17, 15) is 15.0 Å². The quantitative estimate of drug-likeness (QED) is 0.657. The van der Waals surface area contributed by atoms with Crippen molar-refractivity contribution in [3.63, 3.8) is 0 Å². The Labute approximate surface area is 135 Å². The molecule has 6 nitrogen and oxygen atoms in total. The summed E-state index contributed by atoms with van der Waals surface area (Å²) in [6.07, 6.45) is 3.93. The second-order valence-electron chi connectivity index (χ2n) is 6.27. The van der Waals surface area contributed by atoms with E-state index in [4.69, 9.17) is 14.2 Å². The Morgan fingerprint density at radius 3 is 2.78 bits per heavy atom. The van der Waals surface area contributed by atoms with Crippen molar-refractivity contribution in [1.29, 1.82) is 0 Å². The summed E-state index contributed by atoms with van der Waals surface area (Å²) in [4.78, 5) is 12.2. The number of fused-ring (bicyclic) bond motifs is 1. The molecule has 23 heavy (non-hydrogen) atoms. The minimum atomic E-state index is -0.615. The Hall–Kier alpha value is -1.95. The van der Waals surface area contributed by atoms with Crippen LogP contribution in [0.1, 0.15) is 48.5 Å². The minimum Gasteiger partial charge on any atom is -0.507 e. The fourth-order valence-corrected chi connectivity index (χ4v) is 3.44. The van der Waals surface area contributed by atoms with Crippen molar-refractivity contribution in [3.8, 4) is 17.2 Å². The van der Waals surface area contributed by atoms with Gasteiger partial charge in [-0.3, -0.25) is 0 Å². The predicted octanol–water partition coefficient (Wildman–Crippen LogP) is 2.54. The summed E-state index contributed by atoms with van der Waals surface area (Å²) in [7, 11) is 1.40.